The van der Waals surface area contributed by atoms with Gasteiger partial charge >= 0.3 is 0 Å². The Morgan fingerprint density at radius 3 is 2.44 bits per heavy atom. The lowest BCUT2D eigenvalue weighted by atomic mass is 10.2. The zero-order valence-corrected chi connectivity index (χ0v) is 19.2. The lowest BCUT2D eigenvalue weighted by Gasteiger charge is -2.26. The molecule has 1 saturated heterocycles. The Labute approximate surface area is 190 Å². The molecule has 0 saturated carbocycles. The minimum Gasteiger partial charge on any atom is -0.489 e. The molecule has 2 aromatic rings. The van der Waals surface area contributed by atoms with E-state index in [0.717, 1.165) is 55.4 Å². The van der Waals surface area contributed by atoms with E-state index in [1.165, 1.54) is 0 Å². The fourth-order valence-electron chi connectivity index (χ4n) is 3.39. The number of anilines is 1. The molecule has 1 heterocycles. The number of morpholine rings is 1. The molecule has 0 spiro atoms. The summed E-state index contributed by atoms with van der Waals surface area (Å²) in [7, 11) is -3.62. The zero-order valence-electron chi connectivity index (χ0n) is 18.4. The molecule has 0 unspecified atom stereocenters. The molecule has 0 aliphatic carbocycles. The van der Waals surface area contributed by atoms with Gasteiger partial charge in [-0.25, -0.2) is 8.42 Å². The third-order valence-corrected chi connectivity index (χ3v) is 6.28. The Morgan fingerprint density at radius 2 is 1.78 bits per heavy atom. The fourth-order valence-corrected chi connectivity index (χ4v) is 4.25. The van der Waals surface area contributed by atoms with Crippen molar-refractivity contribution in [2.24, 2.45) is 0 Å². The van der Waals surface area contributed by atoms with Crippen molar-refractivity contribution in [1.29, 1.82) is 0 Å². The van der Waals surface area contributed by atoms with Crippen LogP contribution >= 0.6 is 0 Å². The molecule has 9 heteroatoms. The standard InChI is InChI=1S/C23H31N3O5S/c1-32(28,29)26(18-23(27)24-12-5-13-25-14-16-30-17-15-25)21-8-10-22(11-9-21)31-19-20-6-3-2-4-7-20/h2-4,6-11H,5,12-19H2,1H3,(H,24,27). The molecule has 1 amide bonds. The maximum atomic E-state index is 12.4. The first-order chi connectivity index (χ1) is 15.4. The quantitative estimate of drug-likeness (QED) is 0.514. The normalized spacial score (nSPS) is 14.7. The molecule has 174 valence electrons. The number of hydrogen-bond acceptors (Lipinski definition) is 6. The Bertz CT molecular complexity index is 945. The smallest absolute Gasteiger partial charge is 0.240 e. The van der Waals surface area contributed by atoms with Crippen LogP contribution in [0.15, 0.2) is 54.6 Å². The second-order valence-electron chi connectivity index (χ2n) is 7.70. The average Bonchev–Trinajstić information content (AvgIpc) is 2.80. The number of nitrogens with zero attached hydrogens (tertiary/aromatic N) is 2. The van der Waals surface area contributed by atoms with Crippen molar-refractivity contribution in [2.45, 2.75) is 13.0 Å². The van der Waals surface area contributed by atoms with Gasteiger partial charge in [0.15, 0.2) is 0 Å². The van der Waals surface area contributed by atoms with Crippen LogP contribution in [0, 0.1) is 0 Å². The molecule has 1 N–H and O–H groups in total. The molecular weight excluding hydrogens is 430 g/mol. The summed E-state index contributed by atoms with van der Waals surface area (Å²) >= 11 is 0. The van der Waals surface area contributed by atoms with Crippen LogP contribution in [0.1, 0.15) is 12.0 Å². The monoisotopic (exact) mass is 461 g/mol. The molecule has 0 atom stereocenters. The number of nitrogens with one attached hydrogen (secondary N) is 1. The number of ether oxygens (including phenoxy) is 2. The Balaban J connectivity index is 1.49. The van der Waals surface area contributed by atoms with Gasteiger partial charge in [0.2, 0.25) is 15.9 Å². The van der Waals surface area contributed by atoms with Crippen LogP contribution in [0.2, 0.25) is 0 Å². The van der Waals surface area contributed by atoms with Crippen molar-refractivity contribution in [2.75, 3.05) is 56.5 Å². The van der Waals surface area contributed by atoms with Crippen LogP contribution in [-0.4, -0.2) is 71.4 Å². The van der Waals surface area contributed by atoms with E-state index < -0.39 is 10.0 Å². The highest BCUT2D eigenvalue weighted by molar-refractivity contribution is 7.92. The SMILES string of the molecule is CS(=O)(=O)N(CC(=O)NCCCN1CCOCC1)c1ccc(OCc2ccccc2)cc1. The van der Waals surface area contributed by atoms with Crippen LogP contribution in [0.3, 0.4) is 0 Å². The first-order valence-electron chi connectivity index (χ1n) is 10.7. The van der Waals surface area contributed by atoms with Crippen molar-refractivity contribution >= 4 is 21.6 Å². The highest BCUT2D eigenvalue weighted by atomic mass is 32.2. The molecule has 1 fully saturated rings. The van der Waals surface area contributed by atoms with E-state index in [4.69, 9.17) is 9.47 Å². The molecule has 0 bridgehead atoms. The summed E-state index contributed by atoms with van der Waals surface area (Å²) in [5.74, 6) is 0.292. The van der Waals surface area contributed by atoms with Crippen LogP contribution in [0.4, 0.5) is 5.69 Å². The number of benzene rings is 2. The van der Waals surface area contributed by atoms with Crippen molar-refractivity contribution in [1.82, 2.24) is 10.2 Å². The summed E-state index contributed by atoms with van der Waals surface area (Å²) in [5, 5.41) is 2.82. The number of carbonyl (C=O) groups excluding carboxylic acids is 1. The molecule has 32 heavy (non-hydrogen) atoms. The van der Waals surface area contributed by atoms with Gasteiger partial charge in [0.05, 0.1) is 25.2 Å². The van der Waals surface area contributed by atoms with E-state index in [2.05, 4.69) is 10.2 Å². The summed E-state index contributed by atoms with van der Waals surface area (Å²) in [5.41, 5.74) is 1.46. The van der Waals surface area contributed by atoms with E-state index in [1.54, 1.807) is 24.3 Å². The predicted octanol–water partition coefficient (Wildman–Crippen LogP) is 1.87. The van der Waals surface area contributed by atoms with Gasteiger partial charge in [-0.1, -0.05) is 30.3 Å². The molecule has 2 aromatic carbocycles. The van der Waals surface area contributed by atoms with Gasteiger partial charge in [-0.3, -0.25) is 14.0 Å². The minimum atomic E-state index is -3.62. The summed E-state index contributed by atoms with van der Waals surface area (Å²) < 4.78 is 36.8. The summed E-state index contributed by atoms with van der Waals surface area (Å²) in [6.45, 7) is 4.83. The second kappa shape index (κ2) is 11.8. The van der Waals surface area contributed by atoms with E-state index in [0.29, 0.717) is 24.6 Å². The van der Waals surface area contributed by atoms with Gasteiger partial charge in [0, 0.05) is 19.6 Å². The topological polar surface area (TPSA) is 88.2 Å². The highest BCUT2D eigenvalue weighted by Crippen LogP contribution is 2.22. The van der Waals surface area contributed by atoms with Gasteiger partial charge in [-0.15, -0.1) is 0 Å². The predicted molar refractivity (Wildman–Crippen MR) is 124 cm³/mol. The summed E-state index contributed by atoms with van der Waals surface area (Å²) in [4.78, 5) is 14.7. The third kappa shape index (κ3) is 7.81. The largest absolute Gasteiger partial charge is 0.489 e. The van der Waals surface area contributed by atoms with Crippen molar-refractivity contribution < 1.29 is 22.7 Å². The minimum absolute atomic E-state index is 0.263. The van der Waals surface area contributed by atoms with E-state index in [-0.39, 0.29) is 12.5 Å². The molecule has 1 aliphatic heterocycles. The highest BCUT2D eigenvalue weighted by Gasteiger charge is 2.21. The lowest BCUT2D eigenvalue weighted by molar-refractivity contribution is -0.119. The van der Waals surface area contributed by atoms with Crippen LogP contribution < -0.4 is 14.4 Å². The number of rotatable bonds is 11. The lowest BCUT2D eigenvalue weighted by Crippen LogP contribution is -2.41. The molecule has 8 nitrogen and oxygen atoms in total. The maximum absolute atomic E-state index is 12.4. The number of hydrogen-bond donors (Lipinski definition) is 1. The van der Waals surface area contributed by atoms with Crippen LogP contribution in [0.25, 0.3) is 0 Å². The van der Waals surface area contributed by atoms with E-state index in [1.807, 2.05) is 30.3 Å². The Hall–Kier alpha value is -2.62. The zero-order chi connectivity index (χ0) is 22.8. The van der Waals surface area contributed by atoms with Gasteiger partial charge < -0.3 is 14.8 Å². The Kier molecular flexibility index (Phi) is 8.90. The van der Waals surface area contributed by atoms with Gasteiger partial charge in [0.25, 0.3) is 0 Å². The number of amides is 1. The van der Waals surface area contributed by atoms with Crippen molar-refractivity contribution in [3.8, 4) is 5.75 Å². The Morgan fingerprint density at radius 1 is 1.09 bits per heavy atom. The third-order valence-electron chi connectivity index (χ3n) is 5.14. The summed E-state index contributed by atoms with van der Waals surface area (Å²) in [6, 6.07) is 16.5. The molecule has 0 aromatic heterocycles. The molecule has 0 radical (unpaired) electrons. The van der Waals surface area contributed by atoms with Gasteiger partial charge in [0.1, 0.15) is 18.9 Å². The first kappa shape index (κ1) is 24.0. The van der Waals surface area contributed by atoms with Crippen molar-refractivity contribution in [3.63, 3.8) is 0 Å². The van der Waals surface area contributed by atoms with Gasteiger partial charge in [-0.05, 0) is 42.8 Å². The second-order valence-corrected chi connectivity index (χ2v) is 9.60. The van der Waals surface area contributed by atoms with Crippen molar-refractivity contribution in [3.05, 3.63) is 60.2 Å². The van der Waals surface area contributed by atoms with Crippen LogP contribution in [-0.2, 0) is 26.2 Å². The van der Waals surface area contributed by atoms with Gasteiger partial charge in [-0.2, -0.15) is 0 Å². The summed E-state index contributed by atoms with van der Waals surface area (Å²) in [6.07, 6.45) is 1.90. The fraction of sp³-hybridized carbons (Fsp3) is 0.435. The first-order valence-corrected chi connectivity index (χ1v) is 12.6. The average molecular weight is 462 g/mol. The maximum Gasteiger partial charge on any atom is 0.240 e. The van der Waals surface area contributed by atoms with Crippen LogP contribution in [0.5, 0.6) is 5.75 Å². The number of sulfonamides is 1. The van der Waals surface area contributed by atoms with E-state index in [9.17, 15) is 13.2 Å². The number of carbonyl (C=O) groups is 1. The molecule has 1 aliphatic rings. The molecule has 3 rings (SSSR count). The molecular formula is C23H31N3O5S. The van der Waals surface area contributed by atoms with E-state index >= 15 is 0 Å².